The van der Waals surface area contributed by atoms with Gasteiger partial charge in [-0.05, 0) is 92.0 Å². The van der Waals surface area contributed by atoms with Gasteiger partial charge < -0.3 is 19.6 Å². The maximum Gasteiger partial charge on any atom is 0.226 e. The van der Waals surface area contributed by atoms with Crippen LogP contribution in [-0.2, 0) is 11.2 Å². The number of aryl methyl sites for hydroxylation is 1. The van der Waals surface area contributed by atoms with Crippen LogP contribution in [0.25, 0.3) is 5.57 Å². The van der Waals surface area contributed by atoms with Gasteiger partial charge in [0.1, 0.15) is 11.8 Å². The minimum atomic E-state index is 0.0288. The van der Waals surface area contributed by atoms with Gasteiger partial charge in [-0.25, -0.2) is 9.97 Å². The molecule has 1 aromatic carbocycles. The quantitative estimate of drug-likeness (QED) is 0.518. The number of amides is 1. The van der Waals surface area contributed by atoms with Crippen LogP contribution in [0.5, 0.6) is 5.75 Å². The molecule has 40 heavy (non-hydrogen) atoms. The molecule has 1 aromatic heterocycles. The molecule has 0 spiro atoms. The molecule has 1 amide bonds. The summed E-state index contributed by atoms with van der Waals surface area (Å²) in [6.45, 7) is 6.24. The lowest BCUT2D eigenvalue weighted by Gasteiger charge is -2.34. The molecule has 212 valence electrons. The third-order valence-electron chi connectivity index (χ3n) is 8.89. The second kappa shape index (κ2) is 13.3. The molecular formula is C32H41N5O3. The first-order valence-corrected chi connectivity index (χ1v) is 14.9. The van der Waals surface area contributed by atoms with Crippen LogP contribution in [0.15, 0.2) is 36.7 Å². The van der Waals surface area contributed by atoms with E-state index in [0.29, 0.717) is 29.8 Å². The number of nitriles is 1. The van der Waals surface area contributed by atoms with Crippen molar-refractivity contribution in [2.24, 2.45) is 17.8 Å². The molecule has 1 unspecified atom stereocenters. The molecule has 2 aromatic rings. The van der Waals surface area contributed by atoms with Crippen LogP contribution in [0, 0.1) is 29.1 Å². The second-order valence-electron chi connectivity index (χ2n) is 11.5. The van der Waals surface area contributed by atoms with E-state index in [2.05, 4.69) is 33.9 Å². The average molecular weight is 544 g/mol. The van der Waals surface area contributed by atoms with Crippen molar-refractivity contribution in [1.82, 2.24) is 14.9 Å². The zero-order chi connectivity index (χ0) is 27.9. The Morgan fingerprint density at radius 1 is 1.07 bits per heavy atom. The largest absolute Gasteiger partial charge is 0.492 e. The van der Waals surface area contributed by atoms with Gasteiger partial charge in [0.2, 0.25) is 11.9 Å². The van der Waals surface area contributed by atoms with E-state index in [-0.39, 0.29) is 18.4 Å². The van der Waals surface area contributed by atoms with E-state index < -0.39 is 0 Å². The van der Waals surface area contributed by atoms with Gasteiger partial charge in [0.25, 0.3) is 0 Å². The second-order valence-corrected chi connectivity index (χ2v) is 11.5. The molecule has 0 radical (unpaired) electrons. The third kappa shape index (κ3) is 6.64. The van der Waals surface area contributed by atoms with Crippen molar-refractivity contribution in [3.05, 3.63) is 53.4 Å². The zero-order valence-electron chi connectivity index (χ0n) is 23.6. The van der Waals surface area contributed by atoms with Crippen LogP contribution < -0.4 is 9.64 Å². The number of rotatable bonds is 8. The number of nitrogens with zero attached hydrogens (tertiary/aromatic N) is 5. The maximum absolute atomic E-state index is 13.0. The number of piperidine rings is 2. The molecule has 8 heteroatoms. The van der Waals surface area contributed by atoms with Crippen LogP contribution >= 0.6 is 0 Å². The van der Waals surface area contributed by atoms with Crippen LogP contribution in [0.4, 0.5) is 5.95 Å². The number of hydrogen-bond donors (Lipinski definition) is 1. The molecule has 1 aliphatic carbocycles. The number of anilines is 1. The van der Waals surface area contributed by atoms with Gasteiger partial charge in [0, 0.05) is 51.1 Å². The van der Waals surface area contributed by atoms with Gasteiger partial charge in [-0.1, -0.05) is 19.1 Å². The van der Waals surface area contributed by atoms with Crippen molar-refractivity contribution in [2.45, 2.75) is 58.3 Å². The first-order chi connectivity index (χ1) is 19.6. The van der Waals surface area contributed by atoms with E-state index in [9.17, 15) is 15.2 Å². The van der Waals surface area contributed by atoms with Gasteiger partial charge in [0.15, 0.2) is 0 Å². The number of carbonyl (C=O) groups excluding carboxylic acids is 1. The minimum absolute atomic E-state index is 0.0288. The number of aliphatic hydroxyl groups excluding tert-OH is 1. The van der Waals surface area contributed by atoms with Gasteiger partial charge in [-0.2, -0.15) is 5.26 Å². The third-order valence-corrected chi connectivity index (χ3v) is 8.89. The number of ether oxygens (including phenoxy) is 1. The molecular weight excluding hydrogens is 502 g/mol. The summed E-state index contributed by atoms with van der Waals surface area (Å²) < 4.78 is 6.15. The van der Waals surface area contributed by atoms with E-state index in [4.69, 9.17) is 4.74 Å². The zero-order valence-corrected chi connectivity index (χ0v) is 23.6. The molecule has 5 rings (SSSR count). The van der Waals surface area contributed by atoms with Crippen LogP contribution in [0.2, 0.25) is 0 Å². The fraction of sp³-hybridized carbons (Fsp3) is 0.562. The topological polar surface area (TPSA) is 103 Å². The molecule has 1 atom stereocenters. The van der Waals surface area contributed by atoms with Crippen molar-refractivity contribution < 1.29 is 14.6 Å². The first kappa shape index (κ1) is 28.1. The monoisotopic (exact) mass is 543 g/mol. The van der Waals surface area contributed by atoms with Gasteiger partial charge in [0.05, 0.1) is 12.2 Å². The van der Waals surface area contributed by atoms with Gasteiger partial charge in [-0.15, -0.1) is 0 Å². The van der Waals surface area contributed by atoms with Crippen molar-refractivity contribution >= 4 is 17.4 Å². The molecule has 1 N–H and O–H groups in total. The highest BCUT2D eigenvalue weighted by molar-refractivity contribution is 5.81. The van der Waals surface area contributed by atoms with Gasteiger partial charge >= 0.3 is 0 Å². The Balaban J connectivity index is 1.11. The predicted octanol–water partition coefficient (Wildman–Crippen LogP) is 4.62. The first-order valence-electron chi connectivity index (χ1n) is 14.9. The SMILES string of the molecule is CCc1cnc(N2CCC(COc3ccc(C4=CCC(C(=O)N5CCC(CO)CC5)CC4)cc3C#N)CC2)nc1. The minimum Gasteiger partial charge on any atom is -0.492 e. The van der Waals surface area contributed by atoms with E-state index >= 15 is 0 Å². The highest BCUT2D eigenvalue weighted by atomic mass is 16.5. The van der Waals surface area contributed by atoms with Gasteiger partial charge in [-0.3, -0.25) is 4.79 Å². The summed E-state index contributed by atoms with van der Waals surface area (Å²) >= 11 is 0. The van der Waals surface area contributed by atoms with Crippen molar-refractivity contribution in [2.75, 3.05) is 44.3 Å². The molecule has 3 aliphatic rings. The molecule has 0 bridgehead atoms. The highest BCUT2D eigenvalue weighted by Gasteiger charge is 2.29. The maximum atomic E-state index is 13.0. The van der Waals surface area contributed by atoms with E-state index in [1.165, 1.54) is 5.57 Å². The molecule has 0 saturated carbocycles. The van der Waals surface area contributed by atoms with Crippen LogP contribution in [0.3, 0.4) is 0 Å². The Morgan fingerprint density at radius 2 is 1.80 bits per heavy atom. The Hall–Kier alpha value is -3.44. The van der Waals surface area contributed by atoms with E-state index in [1.54, 1.807) is 0 Å². The number of aromatic nitrogens is 2. The summed E-state index contributed by atoms with van der Waals surface area (Å²) in [6.07, 6.45) is 13.1. The number of allylic oxidation sites excluding steroid dienone is 2. The molecule has 2 saturated heterocycles. The highest BCUT2D eigenvalue weighted by Crippen LogP contribution is 2.34. The number of aliphatic hydroxyl groups is 1. The Morgan fingerprint density at radius 3 is 2.42 bits per heavy atom. The summed E-state index contributed by atoms with van der Waals surface area (Å²) in [7, 11) is 0. The summed E-state index contributed by atoms with van der Waals surface area (Å²) in [5.74, 6) is 2.49. The number of carbonyl (C=O) groups is 1. The average Bonchev–Trinajstić information content (AvgIpc) is 3.03. The predicted molar refractivity (Wildman–Crippen MR) is 155 cm³/mol. The van der Waals surface area contributed by atoms with E-state index in [0.717, 1.165) is 94.6 Å². The van der Waals surface area contributed by atoms with Crippen molar-refractivity contribution in [1.29, 1.82) is 5.26 Å². The molecule has 2 aliphatic heterocycles. The number of likely N-dealkylation sites (tertiary alicyclic amines) is 1. The van der Waals surface area contributed by atoms with Crippen molar-refractivity contribution in [3.63, 3.8) is 0 Å². The Bertz CT molecular complexity index is 1220. The summed E-state index contributed by atoms with van der Waals surface area (Å²) in [5.41, 5.74) is 3.95. The molecule has 3 heterocycles. The fourth-order valence-corrected chi connectivity index (χ4v) is 6.06. The number of hydrogen-bond acceptors (Lipinski definition) is 7. The summed E-state index contributed by atoms with van der Waals surface area (Å²) in [4.78, 5) is 26.3. The molecule has 2 fully saturated rings. The standard InChI is InChI=1S/C32H41N5O3/c1-2-23-19-34-32(35-20-23)37-15-11-25(12-16-37)22-40-30-8-7-28(17-29(30)18-33)26-3-5-27(6-4-26)31(39)36-13-9-24(21-38)10-14-36/h3,7-8,17,19-20,24-25,27,38H,2,4-6,9-16,21-22H2,1H3. The Kier molecular flexibility index (Phi) is 9.33. The Labute approximate surface area is 237 Å². The van der Waals surface area contributed by atoms with Crippen LogP contribution in [-0.4, -0.2) is 65.3 Å². The smallest absolute Gasteiger partial charge is 0.226 e. The summed E-state index contributed by atoms with van der Waals surface area (Å²) in [6, 6.07) is 8.23. The molecule has 8 nitrogen and oxygen atoms in total. The van der Waals surface area contributed by atoms with Crippen LogP contribution in [0.1, 0.15) is 68.6 Å². The van der Waals surface area contributed by atoms with Crippen molar-refractivity contribution in [3.8, 4) is 11.8 Å². The lowest BCUT2D eigenvalue weighted by molar-refractivity contribution is -0.137. The fourth-order valence-electron chi connectivity index (χ4n) is 6.06. The van der Waals surface area contributed by atoms with E-state index in [1.807, 2.05) is 35.5 Å². The summed E-state index contributed by atoms with van der Waals surface area (Å²) in [5, 5.41) is 19.2. The lowest BCUT2D eigenvalue weighted by Crippen LogP contribution is -2.42. The normalized spacial score (nSPS) is 20.6. The number of benzene rings is 1. The lowest BCUT2D eigenvalue weighted by atomic mass is 9.85.